The van der Waals surface area contributed by atoms with Crippen molar-refractivity contribution >= 4 is 5.69 Å². The minimum atomic E-state index is 0.308. The Kier molecular flexibility index (Phi) is 4.38. The first-order valence-corrected chi connectivity index (χ1v) is 6.09. The Morgan fingerprint density at radius 2 is 2.06 bits per heavy atom. The molecule has 0 fully saturated rings. The van der Waals surface area contributed by atoms with Crippen molar-refractivity contribution in [1.82, 2.24) is 4.98 Å². The Morgan fingerprint density at radius 1 is 1.41 bits per heavy atom. The number of hydrogen-bond donors (Lipinski definition) is 1. The first kappa shape index (κ1) is 13.8. The highest BCUT2D eigenvalue weighted by Gasteiger charge is 2.19. The smallest absolute Gasteiger partial charge is 0.160 e. The van der Waals surface area contributed by atoms with Gasteiger partial charge in [-0.15, -0.1) is 0 Å². The van der Waals surface area contributed by atoms with Gasteiger partial charge in [0.1, 0.15) is 0 Å². The predicted molar refractivity (Wildman–Crippen MR) is 72.6 cm³/mol. The van der Waals surface area contributed by atoms with Crippen LogP contribution in [-0.2, 0) is 0 Å². The number of aryl methyl sites for hydroxylation is 1. The molecule has 0 radical (unpaired) electrons. The molecule has 1 aromatic rings. The van der Waals surface area contributed by atoms with Crippen molar-refractivity contribution in [3.63, 3.8) is 0 Å². The summed E-state index contributed by atoms with van der Waals surface area (Å²) in [5, 5.41) is 3.45. The van der Waals surface area contributed by atoms with Gasteiger partial charge in [0.2, 0.25) is 0 Å². The molecule has 0 spiro atoms. The number of methoxy groups -OCH3 is 1. The topological polar surface area (TPSA) is 34.1 Å². The fourth-order valence-corrected chi connectivity index (χ4v) is 1.42. The van der Waals surface area contributed by atoms with E-state index in [4.69, 9.17) is 4.74 Å². The van der Waals surface area contributed by atoms with Gasteiger partial charge < -0.3 is 10.1 Å². The van der Waals surface area contributed by atoms with Crippen molar-refractivity contribution in [3.05, 3.63) is 18.0 Å². The van der Waals surface area contributed by atoms with Crippen LogP contribution in [0.3, 0.4) is 0 Å². The minimum Gasteiger partial charge on any atom is -0.493 e. The quantitative estimate of drug-likeness (QED) is 0.869. The van der Waals surface area contributed by atoms with Crippen LogP contribution < -0.4 is 10.1 Å². The van der Waals surface area contributed by atoms with E-state index in [9.17, 15) is 0 Å². The van der Waals surface area contributed by atoms with Crippen molar-refractivity contribution < 1.29 is 4.74 Å². The van der Waals surface area contributed by atoms with E-state index < -0.39 is 0 Å². The van der Waals surface area contributed by atoms with Crippen LogP contribution >= 0.6 is 0 Å². The van der Waals surface area contributed by atoms with Crippen LogP contribution in [0.5, 0.6) is 5.75 Å². The predicted octanol–water partition coefficient (Wildman–Crippen LogP) is 3.49. The summed E-state index contributed by atoms with van der Waals surface area (Å²) in [5.41, 5.74) is 2.33. The zero-order chi connectivity index (χ0) is 13.1. The molecule has 0 saturated heterocycles. The fraction of sp³-hybridized carbons (Fsp3) is 0.643. The molecular formula is C14H24N2O. The SMILES string of the molecule is COc1cnc(C)cc1NCC(C)C(C)(C)C. The van der Waals surface area contributed by atoms with Crippen LogP contribution in [0.4, 0.5) is 5.69 Å². The maximum atomic E-state index is 5.29. The lowest BCUT2D eigenvalue weighted by atomic mass is 9.82. The lowest BCUT2D eigenvalue weighted by molar-refractivity contribution is 0.274. The zero-order valence-corrected chi connectivity index (χ0v) is 11.8. The first-order valence-electron chi connectivity index (χ1n) is 6.09. The molecule has 96 valence electrons. The second-order valence-electron chi connectivity index (χ2n) is 5.67. The summed E-state index contributed by atoms with van der Waals surface area (Å²) in [7, 11) is 1.67. The average molecular weight is 236 g/mol. The third-order valence-electron chi connectivity index (χ3n) is 3.30. The highest BCUT2D eigenvalue weighted by atomic mass is 16.5. The van der Waals surface area contributed by atoms with E-state index in [1.165, 1.54) is 0 Å². The van der Waals surface area contributed by atoms with E-state index in [1.807, 2.05) is 13.0 Å². The van der Waals surface area contributed by atoms with Crippen molar-refractivity contribution in [3.8, 4) is 5.75 Å². The number of aromatic nitrogens is 1. The average Bonchev–Trinajstić information content (AvgIpc) is 2.24. The number of anilines is 1. The van der Waals surface area contributed by atoms with Gasteiger partial charge in [-0.3, -0.25) is 4.98 Å². The van der Waals surface area contributed by atoms with Crippen molar-refractivity contribution in [1.29, 1.82) is 0 Å². The van der Waals surface area contributed by atoms with Crippen molar-refractivity contribution in [2.75, 3.05) is 19.0 Å². The molecule has 0 saturated carbocycles. The third-order valence-corrected chi connectivity index (χ3v) is 3.30. The normalized spacial score (nSPS) is 13.3. The number of ether oxygens (including phenoxy) is 1. The molecule has 1 heterocycles. The summed E-state index contributed by atoms with van der Waals surface area (Å²) in [6, 6.07) is 2.02. The summed E-state index contributed by atoms with van der Waals surface area (Å²) in [6.07, 6.45) is 1.76. The van der Waals surface area contributed by atoms with Crippen LogP contribution in [0.15, 0.2) is 12.3 Å². The van der Waals surface area contributed by atoms with E-state index in [0.29, 0.717) is 11.3 Å². The molecule has 1 aromatic heterocycles. The Hall–Kier alpha value is -1.25. The standard InChI is InChI=1S/C14H24N2O/c1-10(14(3,4)5)8-16-12-7-11(2)15-9-13(12)17-6/h7,9-10H,8H2,1-6H3,(H,15,16). The first-order chi connectivity index (χ1) is 7.84. The zero-order valence-electron chi connectivity index (χ0n) is 11.8. The van der Waals surface area contributed by atoms with Crippen molar-refractivity contribution in [2.45, 2.75) is 34.6 Å². The summed E-state index contributed by atoms with van der Waals surface area (Å²) >= 11 is 0. The van der Waals surface area contributed by atoms with Crippen LogP contribution in [0, 0.1) is 18.3 Å². The maximum absolute atomic E-state index is 5.29. The minimum absolute atomic E-state index is 0.308. The third kappa shape index (κ3) is 3.91. The molecule has 0 aromatic carbocycles. The number of nitrogens with zero attached hydrogens (tertiary/aromatic N) is 1. The number of rotatable bonds is 4. The maximum Gasteiger partial charge on any atom is 0.160 e. The van der Waals surface area contributed by atoms with E-state index in [2.05, 4.69) is 38.0 Å². The van der Waals surface area contributed by atoms with Gasteiger partial charge in [-0.2, -0.15) is 0 Å². The van der Waals surface area contributed by atoms with E-state index in [0.717, 1.165) is 23.7 Å². The molecule has 0 aliphatic heterocycles. The van der Waals surface area contributed by atoms with Crippen molar-refractivity contribution in [2.24, 2.45) is 11.3 Å². The Labute approximate surface area is 105 Å². The molecule has 1 atom stereocenters. The van der Waals surface area contributed by atoms with E-state index in [1.54, 1.807) is 13.3 Å². The van der Waals surface area contributed by atoms with Gasteiger partial charge in [0.15, 0.2) is 5.75 Å². The number of nitrogens with one attached hydrogen (secondary N) is 1. The highest BCUT2D eigenvalue weighted by molar-refractivity contribution is 5.55. The van der Waals surface area contributed by atoms with Gasteiger partial charge in [0.05, 0.1) is 19.0 Å². The molecule has 0 amide bonds. The second kappa shape index (κ2) is 5.39. The molecule has 3 nitrogen and oxygen atoms in total. The monoisotopic (exact) mass is 236 g/mol. The van der Waals surface area contributed by atoms with Gasteiger partial charge in [-0.05, 0) is 24.3 Å². The van der Waals surface area contributed by atoms with Crippen LogP contribution in [-0.4, -0.2) is 18.6 Å². The molecule has 1 rings (SSSR count). The molecule has 3 heteroatoms. The number of hydrogen-bond acceptors (Lipinski definition) is 3. The summed E-state index contributed by atoms with van der Waals surface area (Å²) in [5.74, 6) is 1.39. The Balaban J connectivity index is 2.72. The molecular weight excluding hydrogens is 212 g/mol. The van der Waals surface area contributed by atoms with E-state index >= 15 is 0 Å². The van der Waals surface area contributed by atoms with Crippen LogP contribution in [0.2, 0.25) is 0 Å². The Morgan fingerprint density at radius 3 is 2.59 bits per heavy atom. The molecule has 0 aliphatic carbocycles. The molecule has 0 bridgehead atoms. The van der Waals surface area contributed by atoms with Gasteiger partial charge >= 0.3 is 0 Å². The highest BCUT2D eigenvalue weighted by Crippen LogP contribution is 2.28. The van der Waals surface area contributed by atoms with E-state index in [-0.39, 0.29) is 0 Å². The van der Waals surface area contributed by atoms with Gasteiger partial charge in [-0.25, -0.2) is 0 Å². The summed E-state index contributed by atoms with van der Waals surface area (Å²) in [6.45, 7) is 12.0. The largest absolute Gasteiger partial charge is 0.493 e. The van der Waals surface area contributed by atoms with Crippen LogP contribution in [0.25, 0.3) is 0 Å². The molecule has 0 aliphatic rings. The second-order valence-corrected chi connectivity index (χ2v) is 5.67. The van der Waals surface area contributed by atoms with Gasteiger partial charge in [0, 0.05) is 12.2 Å². The van der Waals surface area contributed by atoms with Crippen LogP contribution in [0.1, 0.15) is 33.4 Å². The number of pyridine rings is 1. The summed E-state index contributed by atoms with van der Waals surface area (Å²) in [4.78, 5) is 4.22. The lowest BCUT2D eigenvalue weighted by Crippen LogP contribution is -2.25. The van der Waals surface area contributed by atoms with Gasteiger partial charge in [0.25, 0.3) is 0 Å². The van der Waals surface area contributed by atoms with Gasteiger partial charge in [-0.1, -0.05) is 27.7 Å². The Bertz CT molecular complexity index is 369. The molecule has 1 N–H and O–H groups in total. The molecule has 17 heavy (non-hydrogen) atoms. The lowest BCUT2D eigenvalue weighted by Gasteiger charge is -2.28. The fourth-order valence-electron chi connectivity index (χ4n) is 1.42. The molecule has 1 unspecified atom stereocenters. The summed E-state index contributed by atoms with van der Waals surface area (Å²) < 4.78 is 5.29.